The van der Waals surface area contributed by atoms with Gasteiger partial charge in [0.25, 0.3) is 0 Å². The quantitative estimate of drug-likeness (QED) is 0.0674. The van der Waals surface area contributed by atoms with E-state index in [1.54, 1.807) is 0 Å². The Morgan fingerprint density at radius 3 is 0.937 bits per heavy atom. The van der Waals surface area contributed by atoms with Crippen molar-refractivity contribution in [3.63, 3.8) is 0 Å². The van der Waals surface area contributed by atoms with E-state index in [9.17, 15) is 0 Å². The van der Waals surface area contributed by atoms with Crippen molar-refractivity contribution in [1.82, 2.24) is 0 Å². The number of rotatable bonds is 6. The van der Waals surface area contributed by atoms with Gasteiger partial charge in [-0.1, -0.05) is 184 Å². The molecule has 2 aliphatic carbocycles. The minimum atomic E-state index is -0.847. The summed E-state index contributed by atoms with van der Waals surface area (Å²) in [6.45, 7) is 8.97. The summed E-state index contributed by atoms with van der Waals surface area (Å²) < 4.78 is 0. The Morgan fingerprint density at radius 2 is 0.635 bits per heavy atom. The second-order valence-electron chi connectivity index (χ2n) is 16.6. The topological polar surface area (TPSA) is 0 Å². The maximum atomic E-state index is 7.43. The predicted octanol–water partition coefficient (Wildman–Crippen LogP) is 12.5. The van der Waals surface area contributed by atoms with Crippen molar-refractivity contribution in [2.75, 3.05) is 5.90 Å². The SMILES string of the molecule is [Ag+].[Au+].[C-]#Cc1cccc2c1-c1ccccc1C2(C)C.[C-]#Cc1cccc2c1-c1ccccc1C2(C)C.c1ccc([PH+](C[PH+](c2ccccc2)c2ccccc2)c2ccccc2)cc1. The van der Waals surface area contributed by atoms with E-state index in [1.165, 1.54) is 71.6 Å². The average Bonchev–Trinajstić information content (AvgIpc) is 3.71. The summed E-state index contributed by atoms with van der Waals surface area (Å²) in [5.41, 5.74) is 12.0. The first-order chi connectivity index (χ1) is 29.7. The molecule has 0 nitrogen and oxygen atoms in total. The molecule has 0 aromatic heterocycles. The molecule has 0 saturated carbocycles. The van der Waals surface area contributed by atoms with Crippen molar-refractivity contribution < 1.29 is 44.8 Å². The van der Waals surface area contributed by atoms with Crippen LogP contribution in [0.2, 0.25) is 0 Å². The molecule has 0 amide bonds. The summed E-state index contributed by atoms with van der Waals surface area (Å²) in [4.78, 5) is 0. The van der Waals surface area contributed by atoms with Crippen LogP contribution in [-0.4, -0.2) is 5.90 Å². The van der Waals surface area contributed by atoms with Gasteiger partial charge in [-0.25, -0.2) is 0 Å². The van der Waals surface area contributed by atoms with Gasteiger partial charge in [0.05, 0.1) is 0 Å². The molecule has 0 fully saturated rings. The van der Waals surface area contributed by atoms with E-state index in [-0.39, 0.29) is 55.6 Å². The van der Waals surface area contributed by atoms with Crippen molar-refractivity contribution >= 4 is 37.1 Å². The Balaban J connectivity index is 0.000000161. The van der Waals surface area contributed by atoms with E-state index in [2.05, 4.69) is 222 Å². The zero-order valence-corrected chi connectivity index (χ0v) is 41.6. The van der Waals surface area contributed by atoms with Crippen LogP contribution in [0.4, 0.5) is 0 Å². The minimum Gasteiger partial charge on any atom is -0.366 e. The molecule has 2 aliphatic rings. The fourth-order valence-corrected chi connectivity index (χ4v) is 16.9. The monoisotopic (exact) mass is 1120 g/mol. The molecule has 0 atom stereocenters. The van der Waals surface area contributed by atoms with Gasteiger partial charge in [-0.3, -0.25) is 11.8 Å². The van der Waals surface area contributed by atoms with Crippen LogP contribution in [0.25, 0.3) is 22.3 Å². The molecular formula is C59H50AgAuP2+2. The van der Waals surface area contributed by atoms with E-state index in [0.29, 0.717) is 0 Å². The molecule has 0 heterocycles. The van der Waals surface area contributed by atoms with E-state index >= 15 is 0 Å². The fraction of sp³-hybridized carbons (Fsp3) is 0.119. The summed E-state index contributed by atoms with van der Waals surface area (Å²) >= 11 is 0. The Bertz CT molecular complexity index is 2580. The van der Waals surface area contributed by atoms with Crippen LogP contribution in [-0.2, 0) is 55.6 Å². The third-order valence-corrected chi connectivity index (χ3v) is 19.3. The molecular weight excluding hydrogens is 1080 g/mol. The third-order valence-electron chi connectivity index (χ3n) is 12.3. The zero-order valence-electron chi connectivity index (χ0n) is 35.9. The van der Waals surface area contributed by atoms with E-state index in [4.69, 9.17) is 12.8 Å². The molecule has 8 aromatic carbocycles. The number of hydrogen-bond acceptors (Lipinski definition) is 0. The first kappa shape index (κ1) is 47.7. The standard InChI is InChI=1S/C25H22P2.2C17H13.Ag.Au/c1-5-13-22(14-6-1)26(23-15-7-2-8-16-23)21-27(24-17-9-3-10-18-24)25-19-11-4-12-20-25;2*1-4-12-8-7-11-15-16(12)13-9-5-6-10-14(13)17(15,2)3;;/h1-20H,21H2;2*5-11H,2-3H3;;/q;2*-1;2*+1/p+2. The largest absolute Gasteiger partial charge is 1.00 e. The van der Waals surface area contributed by atoms with Crippen molar-refractivity contribution in [1.29, 1.82) is 0 Å². The second kappa shape index (κ2) is 21.3. The first-order valence-corrected chi connectivity index (χ1v) is 24.4. The molecule has 0 spiro atoms. The predicted molar refractivity (Wildman–Crippen MR) is 266 cm³/mol. The molecule has 0 bridgehead atoms. The van der Waals surface area contributed by atoms with Gasteiger partial charge in [-0.15, -0.1) is 23.3 Å². The molecule has 10 rings (SSSR count). The van der Waals surface area contributed by atoms with Gasteiger partial charge in [-0.05, 0) is 81.9 Å². The maximum Gasteiger partial charge on any atom is 1.00 e. The van der Waals surface area contributed by atoms with Crippen LogP contribution in [0.3, 0.4) is 0 Å². The molecule has 0 saturated heterocycles. The van der Waals surface area contributed by atoms with Crippen LogP contribution in [0.1, 0.15) is 61.1 Å². The van der Waals surface area contributed by atoms with Gasteiger partial charge >= 0.3 is 44.8 Å². The van der Waals surface area contributed by atoms with Crippen molar-refractivity contribution in [3.8, 4) is 34.1 Å². The molecule has 0 radical (unpaired) electrons. The first-order valence-electron chi connectivity index (χ1n) is 21.0. The van der Waals surface area contributed by atoms with E-state index in [0.717, 1.165) is 11.1 Å². The van der Waals surface area contributed by atoms with Crippen molar-refractivity contribution in [2.24, 2.45) is 0 Å². The Labute approximate surface area is 409 Å². The number of benzene rings is 8. The summed E-state index contributed by atoms with van der Waals surface area (Å²) in [7, 11) is -1.69. The summed E-state index contributed by atoms with van der Waals surface area (Å²) in [6.07, 6.45) is 14.9. The number of hydrogen-bond donors (Lipinski definition) is 0. The Hall–Kier alpha value is -4.78. The summed E-state index contributed by atoms with van der Waals surface area (Å²) in [5.74, 6) is 6.36. The van der Waals surface area contributed by atoms with Gasteiger partial charge < -0.3 is 12.8 Å². The molecule has 316 valence electrons. The fourth-order valence-electron chi connectivity index (χ4n) is 9.19. The van der Waals surface area contributed by atoms with E-state index in [1.807, 2.05) is 24.3 Å². The van der Waals surface area contributed by atoms with Gasteiger partial charge in [0.15, 0.2) is 5.90 Å². The van der Waals surface area contributed by atoms with Crippen LogP contribution >= 0.6 is 15.8 Å². The normalized spacial score (nSPS) is 12.8. The molecule has 63 heavy (non-hydrogen) atoms. The van der Waals surface area contributed by atoms with Gasteiger partial charge in [0, 0.05) is 10.8 Å². The van der Waals surface area contributed by atoms with Crippen molar-refractivity contribution in [3.05, 3.63) is 252 Å². The Kier molecular flexibility index (Phi) is 16.1. The maximum absolute atomic E-state index is 7.43. The van der Waals surface area contributed by atoms with Gasteiger partial charge in [0.2, 0.25) is 0 Å². The van der Waals surface area contributed by atoms with Gasteiger partial charge in [0.1, 0.15) is 37.1 Å². The average molecular weight is 1130 g/mol. The zero-order chi connectivity index (χ0) is 42.4. The van der Waals surface area contributed by atoms with Crippen LogP contribution in [0.5, 0.6) is 0 Å². The molecule has 0 unspecified atom stereocenters. The van der Waals surface area contributed by atoms with Crippen molar-refractivity contribution in [2.45, 2.75) is 38.5 Å². The third kappa shape index (κ3) is 9.83. The van der Waals surface area contributed by atoms with Crippen LogP contribution < -0.4 is 21.2 Å². The molecule has 0 aliphatic heterocycles. The molecule has 8 aromatic rings. The molecule has 4 heteroatoms. The summed E-state index contributed by atoms with van der Waals surface area (Å²) in [6, 6.07) is 73.7. The smallest absolute Gasteiger partial charge is 0.366 e. The van der Waals surface area contributed by atoms with Gasteiger partial charge in [-0.2, -0.15) is 0 Å². The summed E-state index contributed by atoms with van der Waals surface area (Å²) in [5, 5.41) is 6.01. The second-order valence-corrected chi connectivity index (χ2v) is 22.3. The number of fused-ring (bicyclic) bond motifs is 6. The Morgan fingerprint density at radius 1 is 0.365 bits per heavy atom. The molecule has 0 N–H and O–H groups in total. The minimum absolute atomic E-state index is 0. The van der Waals surface area contributed by atoms with Crippen LogP contribution in [0, 0.1) is 24.7 Å². The van der Waals surface area contributed by atoms with E-state index < -0.39 is 15.8 Å². The van der Waals surface area contributed by atoms with Crippen LogP contribution in [0.15, 0.2) is 206 Å².